The molecule has 1 aliphatic heterocycles. The van der Waals surface area contributed by atoms with Crippen molar-refractivity contribution in [2.24, 2.45) is 0 Å². The van der Waals surface area contributed by atoms with E-state index in [9.17, 15) is 0 Å². The van der Waals surface area contributed by atoms with E-state index in [0.29, 0.717) is 6.10 Å². The zero-order valence-corrected chi connectivity index (χ0v) is 10.2. The van der Waals surface area contributed by atoms with Crippen LogP contribution in [0, 0.1) is 13.8 Å². The Hall–Kier alpha value is -0.350. The molecule has 0 saturated carbocycles. The molecule has 0 aromatic carbocycles. The first-order chi connectivity index (χ1) is 6.68. The molecule has 1 aliphatic rings. The summed E-state index contributed by atoms with van der Waals surface area (Å²) in [4.78, 5) is 0. The van der Waals surface area contributed by atoms with Gasteiger partial charge in [0.2, 0.25) is 0 Å². The van der Waals surface area contributed by atoms with E-state index < -0.39 is 0 Å². The van der Waals surface area contributed by atoms with E-state index in [1.54, 1.807) is 0 Å². The second-order valence-corrected chi connectivity index (χ2v) is 4.59. The summed E-state index contributed by atoms with van der Waals surface area (Å²) < 4.78 is 8.74. The van der Waals surface area contributed by atoms with E-state index in [-0.39, 0.29) is 0 Å². The van der Waals surface area contributed by atoms with Crippen LogP contribution in [0.2, 0.25) is 0 Å². The molecule has 1 fully saturated rings. The number of hydrogen-bond acceptors (Lipinski definition) is 2. The number of aryl methyl sites for hydroxylation is 1. The van der Waals surface area contributed by atoms with Gasteiger partial charge in [0.1, 0.15) is 0 Å². The maximum Gasteiger partial charge on any atom is 0.0771 e. The van der Waals surface area contributed by atoms with Crippen LogP contribution in [0.3, 0.4) is 0 Å². The fraction of sp³-hybridized carbons (Fsp3) is 0.700. The Morgan fingerprint density at radius 2 is 2.36 bits per heavy atom. The minimum atomic E-state index is 0.361. The Bertz CT molecular complexity index is 329. The Balaban J connectivity index is 2.12. The molecule has 1 unspecified atom stereocenters. The zero-order valence-electron chi connectivity index (χ0n) is 8.59. The molecule has 0 spiro atoms. The van der Waals surface area contributed by atoms with Crippen molar-refractivity contribution >= 4 is 15.9 Å². The summed E-state index contributed by atoms with van der Waals surface area (Å²) in [5.74, 6) is 0. The van der Waals surface area contributed by atoms with E-state index >= 15 is 0 Å². The van der Waals surface area contributed by atoms with Gasteiger partial charge in [0.25, 0.3) is 0 Å². The number of rotatable bonds is 2. The van der Waals surface area contributed by atoms with Crippen LogP contribution in [0.5, 0.6) is 0 Å². The van der Waals surface area contributed by atoms with Crippen molar-refractivity contribution in [1.82, 2.24) is 9.78 Å². The molecule has 78 valence electrons. The number of nitrogens with zero attached hydrogens (tertiary/aromatic N) is 2. The molecule has 1 saturated heterocycles. The molecule has 0 amide bonds. The Morgan fingerprint density at radius 3 is 2.86 bits per heavy atom. The highest BCUT2D eigenvalue weighted by molar-refractivity contribution is 9.10. The first-order valence-corrected chi connectivity index (χ1v) is 5.79. The van der Waals surface area contributed by atoms with Crippen molar-refractivity contribution in [1.29, 1.82) is 0 Å². The average molecular weight is 259 g/mol. The van der Waals surface area contributed by atoms with Crippen molar-refractivity contribution in [2.75, 3.05) is 6.61 Å². The van der Waals surface area contributed by atoms with Crippen LogP contribution >= 0.6 is 15.9 Å². The fourth-order valence-electron chi connectivity index (χ4n) is 1.83. The minimum absolute atomic E-state index is 0.361. The number of halogens is 1. The monoisotopic (exact) mass is 258 g/mol. The molecule has 14 heavy (non-hydrogen) atoms. The third kappa shape index (κ3) is 1.86. The quantitative estimate of drug-likeness (QED) is 0.815. The van der Waals surface area contributed by atoms with Crippen LogP contribution in [0.25, 0.3) is 0 Å². The molecule has 2 heterocycles. The third-order valence-electron chi connectivity index (χ3n) is 2.69. The Kier molecular flexibility index (Phi) is 2.93. The smallest absolute Gasteiger partial charge is 0.0771 e. The summed E-state index contributed by atoms with van der Waals surface area (Å²) in [6, 6.07) is 0. The lowest BCUT2D eigenvalue weighted by atomic mass is 10.2. The summed E-state index contributed by atoms with van der Waals surface area (Å²) >= 11 is 3.53. The van der Waals surface area contributed by atoms with Crippen molar-refractivity contribution in [3.8, 4) is 0 Å². The first-order valence-electron chi connectivity index (χ1n) is 4.99. The second kappa shape index (κ2) is 4.03. The van der Waals surface area contributed by atoms with Crippen LogP contribution in [-0.2, 0) is 11.3 Å². The Labute approximate surface area is 92.6 Å². The lowest BCUT2D eigenvalue weighted by molar-refractivity contribution is 0.0934. The molecule has 0 aliphatic carbocycles. The van der Waals surface area contributed by atoms with Gasteiger partial charge in [0, 0.05) is 12.3 Å². The van der Waals surface area contributed by atoms with Crippen molar-refractivity contribution < 1.29 is 4.74 Å². The summed E-state index contributed by atoms with van der Waals surface area (Å²) in [7, 11) is 0. The van der Waals surface area contributed by atoms with Gasteiger partial charge in [0.05, 0.1) is 22.8 Å². The minimum Gasteiger partial charge on any atom is -0.376 e. The van der Waals surface area contributed by atoms with Gasteiger partial charge in [-0.3, -0.25) is 4.68 Å². The highest BCUT2D eigenvalue weighted by Crippen LogP contribution is 2.21. The highest BCUT2D eigenvalue weighted by atomic mass is 79.9. The summed E-state index contributed by atoms with van der Waals surface area (Å²) in [5, 5.41) is 4.46. The van der Waals surface area contributed by atoms with E-state index in [4.69, 9.17) is 4.74 Å². The van der Waals surface area contributed by atoms with Crippen LogP contribution in [0.4, 0.5) is 0 Å². The molecule has 1 aromatic heterocycles. The van der Waals surface area contributed by atoms with Crippen LogP contribution in [0.15, 0.2) is 4.47 Å². The molecule has 3 nitrogen and oxygen atoms in total. The predicted molar refractivity (Wildman–Crippen MR) is 58.4 cm³/mol. The van der Waals surface area contributed by atoms with E-state index in [2.05, 4.69) is 28.0 Å². The lowest BCUT2D eigenvalue weighted by Gasteiger charge is -2.10. The Morgan fingerprint density at radius 1 is 1.57 bits per heavy atom. The van der Waals surface area contributed by atoms with Crippen molar-refractivity contribution in [3.63, 3.8) is 0 Å². The topological polar surface area (TPSA) is 27.1 Å². The molecule has 1 aromatic rings. The normalized spacial score (nSPS) is 21.8. The zero-order chi connectivity index (χ0) is 10.1. The van der Waals surface area contributed by atoms with Gasteiger partial charge in [0.15, 0.2) is 0 Å². The number of aromatic nitrogens is 2. The van der Waals surface area contributed by atoms with Gasteiger partial charge >= 0.3 is 0 Å². The summed E-state index contributed by atoms with van der Waals surface area (Å²) in [6.45, 7) is 5.89. The second-order valence-electron chi connectivity index (χ2n) is 3.80. The highest BCUT2D eigenvalue weighted by Gasteiger charge is 2.18. The van der Waals surface area contributed by atoms with E-state index in [0.717, 1.165) is 29.7 Å². The van der Waals surface area contributed by atoms with Crippen molar-refractivity contribution in [2.45, 2.75) is 39.3 Å². The molecule has 4 heteroatoms. The average Bonchev–Trinajstić information content (AvgIpc) is 2.73. The van der Waals surface area contributed by atoms with Crippen LogP contribution in [-0.4, -0.2) is 22.5 Å². The van der Waals surface area contributed by atoms with Crippen LogP contribution < -0.4 is 0 Å². The number of hydrogen-bond donors (Lipinski definition) is 0. The van der Waals surface area contributed by atoms with E-state index in [1.807, 2.05) is 11.6 Å². The molecular formula is C10H15BrN2O. The molecule has 0 radical (unpaired) electrons. The van der Waals surface area contributed by atoms with Gasteiger partial charge in [-0.05, 0) is 42.6 Å². The SMILES string of the molecule is Cc1nn(CC2CCCO2)c(C)c1Br. The standard InChI is InChI=1S/C10H15BrN2O/c1-7-10(11)8(2)13(12-7)6-9-4-3-5-14-9/h9H,3-6H2,1-2H3. The maximum absolute atomic E-state index is 5.58. The van der Waals surface area contributed by atoms with E-state index in [1.165, 1.54) is 12.1 Å². The van der Waals surface area contributed by atoms with Gasteiger partial charge in [-0.1, -0.05) is 0 Å². The molecular weight excluding hydrogens is 244 g/mol. The van der Waals surface area contributed by atoms with Crippen molar-refractivity contribution in [3.05, 3.63) is 15.9 Å². The van der Waals surface area contributed by atoms with Gasteiger partial charge in [-0.2, -0.15) is 5.10 Å². The molecule has 0 bridgehead atoms. The molecule has 0 N–H and O–H groups in total. The predicted octanol–water partition coefficient (Wildman–Crippen LogP) is 2.44. The summed E-state index contributed by atoms with van der Waals surface area (Å²) in [5.41, 5.74) is 2.25. The van der Waals surface area contributed by atoms with Gasteiger partial charge in [-0.25, -0.2) is 0 Å². The summed E-state index contributed by atoms with van der Waals surface area (Å²) in [6.07, 6.45) is 2.71. The molecule has 2 rings (SSSR count). The fourth-order valence-corrected chi connectivity index (χ4v) is 2.12. The third-order valence-corrected chi connectivity index (χ3v) is 3.84. The largest absolute Gasteiger partial charge is 0.376 e. The lowest BCUT2D eigenvalue weighted by Crippen LogP contribution is -2.16. The van der Waals surface area contributed by atoms with Gasteiger partial charge < -0.3 is 4.74 Å². The molecule has 1 atom stereocenters. The van der Waals surface area contributed by atoms with Gasteiger partial charge in [-0.15, -0.1) is 0 Å². The van der Waals surface area contributed by atoms with Crippen LogP contribution in [0.1, 0.15) is 24.2 Å². The first kappa shape index (κ1) is 10.2. The maximum atomic E-state index is 5.58. The number of ether oxygens (including phenoxy) is 1.